The fourth-order valence-electron chi connectivity index (χ4n) is 2.90. The highest BCUT2D eigenvalue weighted by atomic mass is 32.1. The number of fused-ring (bicyclic) bond motifs is 1. The second kappa shape index (κ2) is 6.69. The van der Waals surface area contributed by atoms with Crippen LogP contribution in [-0.4, -0.2) is 38.0 Å². The molecule has 1 heterocycles. The minimum atomic E-state index is -0.154. The summed E-state index contributed by atoms with van der Waals surface area (Å²) in [5, 5.41) is 15.8. The summed E-state index contributed by atoms with van der Waals surface area (Å²) in [6.07, 6.45) is 5.14. The molecule has 3 rings (SSSR count). The number of carbonyl (C=O) groups excluding carboxylic acids is 2. The average molecular weight is 333 g/mol. The minimum Gasteiger partial charge on any atom is -0.348 e. The van der Waals surface area contributed by atoms with E-state index in [9.17, 15) is 14.9 Å². The van der Waals surface area contributed by atoms with Gasteiger partial charge < -0.3 is 15.5 Å². The van der Waals surface area contributed by atoms with Crippen molar-refractivity contribution in [3.63, 3.8) is 0 Å². The lowest BCUT2D eigenvalue weighted by Crippen LogP contribution is -3.11. The van der Waals surface area contributed by atoms with Gasteiger partial charge in [-0.05, 0) is 37.7 Å². The summed E-state index contributed by atoms with van der Waals surface area (Å²) >= 11 is 1.52. The van der Waals surface area contributed by atoms with Crippen LogP contribution < -0.4 is 15.5 Å². The van der Waals surface area contributed by atoms with E-state index in [2.05, 4.69) is 16.7 Å². The number of carbonyl (C=O) groups is 2. The van der Waals surface area contributed by atoms with Gasteiger partial charge in [-0.25, -0.2) is 0 Å². The Kier molecular flexibility index (Phi) is 4.64. The number of thiophene rings is 1. The molecular weight excluding hydrogens is 312 g/mol. The number of amides is 2. The molecule has 3 N–H and O–H groups in total. The van der Waals surface area contributed by atoms with Gasteiger partial charge in [-0.2, -0.15) is 5.26 Å². The first-order valence-corrected chi connectivity index (χ1v) is 8.83. The molecule has 0 spiro atoms. The molecule has 122 valence electrons. The third-order valence-electron chi connectivity index (χ3n) is 4.15. The molecule has 2 aliphatic rings. The van der Waals surface area contributed by atoms with Crippen molar-refractivity contribution in [2.45, 2.75) is 38.1 Å². The van der Waals surface area contributed by atoms with Crippen LogP contribution in [-0.2, 0) is 22.4 Å². The lowest BCUT2D eigenvalue weighted by molar-refractivity contribution is -0.862. The van der Waals surface area contributed by atoms with Gasteiger partial charge in [0.1, 0.15) is 11.1 Å². The number of anilines is 1. The second-order valence-corrected chi connectivity index (χ2v) is 7.48. The third-order valence-corrected chi connectivity index (χ3v) is 5.36. The number of quaternary nitrogens is 1. The van der Waals surface area contributed by atoms with Crippen LogP contribution in [0, 0.1) is 11.3 Å². The van der Waals surface area contributed by atoms with Crippen molar-refractivity contribution in [1.29, 1.82) is 5.26 Å². The van der Waals surface area contributed by atoms with Gasteiger partial charge in [0.2, 0.25) is 0 Å². The fourth-order valence-corrected chi connectivity index (χ4v) is 4.15. The number of nitriles is 1. The molecule has 0 aromatic carbocycles. The Morgan fingerprint density at radius 2 is 2.04 bits per heavy atom. The van der Waals surface area contributed by atoms with Gasteiger partial charge in [0.15, 0.2) is 13.1 Å². The molecule has 0 bridgehead atoms. The number of hydrogen-bond donors (Lipinski definition) is 3. The topological polar surface area (TPSA) is 86.4 Å². The van der Waals surface area contributed by atoms with Gasteiger partial charge >= 0.3 is 0 Å². The van der Waals surface area contributed by atoms with Gasteiger partial charge in [-0.15, -0.1) is 11.3 Å². The Morgan fingerprint density at radius 3 is 2.74 bits per heavy atom. The van der Waals surface area contributed by atoms with E-state index in [1.54, 1.807) is 0 Å². The summed E-state index contributed by atoms with van der Waals surface area (Å²) in [4.78, 5) is 26.0. The van der Waals surface area contributed by atoms with Crippen LogP contribution in [0.25, 0.3) is 0 Å². The Labute approximate surface area is 139 Å². The zero-order valence-electron chi connectivity index (χ0n) is 13.2. The first kappa shape index (κ1) is 16.0. The molecule has 0 radical (unpaired) electrons. The van der Waals surface area contributed by atoms with Crippen molar-refractivity contribution in [3.8, 4) is 6.07 Å². The Morgan fingerprint density at radius 1 is 1.30 bits per heavy atom. The Hall–Kier alpha value is -1.91. The molecule has 1 aromatic rings. The number of rotatable bonds is 6. The van der Waals surface area contributed by atoms with Crippen LogP contribution >= 0.6 is 11.3 Å². The molecule has 7 heteroatoms. The monoisotopic (exact) mass is 333 g/mol. The molecule has 1 atom stereocenters. The number of likely N-dealkylation sites (N-methyl/N-ethyl adjacent to an activating group) is 1. The Bertz CT molecular complexity index is 672. The van der Waals surface area contributed by atoms with Crippen LogP contribution in [0.15, 0.2) is 0 Å². The minimum absolute atomic E-state index is 0.00869. The number of aryl methyl sites for hydroxylation is 1. The van der Waals surface area contributed by atoms with Crippen molar-refractivity contribution in [2.24, 2.45) is 0 Å². The van der Waals surface area contributed by atoms with Crippen molar-refractivity contribution in [2.75, 3.05) is 25.5 Å². The molecule has 1 aromatic heterocycles. The normalized spacial score (nSPS) is 17.2. The van der Waals surface area contributed by atoms with Crippen LogP contribution in [0.5, 0.6) is 0 Å². The molecule has 2 aliphatic carbocycles. The van der Waals surface area contributed by atoms with E-state index in [0.29, 0.717) is 16.6 Å². The molecule has 1 unspecified atom stereocenters. The van der Waals surface area contributed by atoms with Crippen LogP contribution in [0.1, 0.15) is 35.3 Å². The van der Waals surface area contributed by atoms with E-state index >= 15 is 0 Å². The zero-order chi connectivity index (χ0) is 16.4. The molecule has 2 amide bonds. The number of hydrogen-bond acceptors (Lipinski definition) is 4. The van der Waals surface area contributed by atoms with Gasteiger partial charge in [0, 0.05) is 10.9 Å². The Balaban J connectivity index is 1.53. The van der Waals surface area contributed by atoms with Gasteiger partial charge in [-0.3, -0.25) is 9.59 Å². The lowest BCUT2D eigenvalue weighted by Gasteiger charge is -2.13. The number of nitrogens with one attached hydrogen (secondary N) is 3. The maximum atomic E-state index is 12.2. The molecule has 0 aliphatic heterocycles. The zero-order valence-corrected chi connectivity index (χ0v) is 14.0. The lowest BCUT2D eigenvalue weighted by atomic mass is 10.1. The van der Waals surface area contributed by atoms with E-state index < -0.39 is 0 Å². The quantitative estimate of drug-likeness (QED) is 0.676. The van der Waals surface area contributed by atoms with Crippen LogP contribution in [0.2, 0.25) is 0 Å². The molecule has 6 nitrogen and oxygen atoms in total. The van der Waals surface area contributed by atoms with Gasteiger partial charge in [0.25, 0.3) is 11.8 Å². The molecular formula is C16H21N4O2S+. The molecule has 1 saturated carbocycles. The maximum Gasteiger partial charge on any atom is 0.280 e. The van der Waals surface area contributed by atoms with Crippen LogP contribution in [0.4, 0.5) is 5.00 Å². The van der Waals surface area contributed by atoms with Crippen LogP contribution in [0.3, 0.4) is 0 Å². The predicted molar refractivity (Wildman–Crippen MR) is 87.5 cm³/mol. The molecule has 1 fully saturated rings. The predicted octanol–water partition coefficient (Wildman–Crippen LogP) is -0.160. The summed E-state index contributed by atoms with van der Waals surface area (Å²) < 4.78 is 0. The summed E-state index contributed by atoms with van der Waals surface area (Å²) in [6, 6.07) is 2.56. The van der Waals surface area contributed by atoms with Gasteiger partial charge in [-0.1, -0.05) is 0 Å². The van der Waals surface area contributed by atoms with E-state index in [1.807, 2.05) is 7.05 Å². The van der Waals surface area contributed by atoms with E-state index in [0.717, 1.165) is 42.6 Å². The van der Waals surface area contributed by atoms with Crippen molar-refractivity contribution >= 4 is 28.2 Å². The fraction of sp³-hybridized carbons (Fsp3) is 0.562. The average Bonchev–Trinajstić information content (AvgIpc) is 3.05. The molecule has 0 saturated heterocycles. The summed E-state index contributed by atoms with van der Waals surface area (Å²) in [5.41, 5.74) is 1.73. The van der Waals surface area contributed by atoms with Gasteiger partial charge in [0.05, 0.1) is 12.6 Å². The largest absolute Gasteiger partial charge is 0.348 e. The molecule has 23 heavy (non-hydrogen) atoms. The standard InChI is InChI=1S/C16H20N4O2S/c1-20(8-14(21)18-10-5-6-10)9-15(22)19-16-12(7-17)11-3-2-4-13(11)23-16/h10H,2-6,8-9H2,1H3,(H,18,21)(H,19,22)/p+1. The summed E-state index contributed by atoms with van der Waals surface area (Å²) in [5.74, 6) is -0.163. The highest BCUT2D eigenvalue weighted by Crippen LogP contribution is 2.38. The second-order valence-electron chi connectivity index (χ2n) is 6.37. The van der Waals surface area contributed by atoms with E-state index in [4.69, 9.17) is 0 Å². The maximum absolute atomic E-state index is 12.2. The highest BCUT2D eigenvalue weighted by molar-refractivity contribution is 7.16. The first-order chi connectivity index (χ1) is 11.1. The smallest absolute Gasteiger partial charge is 0.280 e. The van der Waals surface area contributed by atoms with Crippen molar-refractivity contribution in [1.82, 2.24) is 5.32 Å². The summed E-state index contributed by atoms with van der Waals surface area (Å²) in [6.45, 7) is 0.501. The van der Waals surface area contributed by atoms with Crippen molar-refractivity contribution < 1.29 is 14.5 Å². The summed E-state index contributed by atoms with van der Waals surface area (Å²) in [7, 11) is 1.83. The van der Waals surface area contributed by atoms with E-state index in [1.165, 1.54) is 16.2 Å². The number of nitrogens with zero attached hydrogens (tertiary/aromatic N) is 1. The SMILES string of the molecule is C[NH+](CC(=O)Nc1sc2c(c1C#N)CCC2)CC(=O)NC1CC1. The van der Waals surface area contributed by atoms with Crippen molar-refractivity contribution in [3.05, 3.63) is 16.0 Å². The first-order valence-electron chi connectivity index (χ1n) is 8.02. The van der Waals surface area contributed by atoms with E-state index in [-0.39, 0.29) is 24.9 Å². The third kappa shape index (κ3) is 3.89. The highest BCUT2D eigenvalue weighted by Gasteiger charge is 2.26.